The van der Waals surface area contributed by atoms with Gasteiger partial charge in [0.1, 0.15) is 17.6 Å². The molecule has 0 unspecified atom stereocenters. The highest BCUT2D eigenvalue weighted by Gasteiger charge is 2.29. The Balaban J connectivity index is 1.48. The lowest BCUT2D eigenvalue weighted by Gasteiger charge is -2.19. The smallest absolute Gasteiger partial charge is 0.231 e. The van der Waals surface area contributed by atoms with Crippen molar-refractivity contribution in [2.24, 2.45) is 7.05 Å². The van der Waals surface area contributed by atoms with Crippen LogP contribution in [0.25, 0.3) is 11.3 Å². The number of benzene rings is 2. The Hall–Kier alpha value is -4.29. The lowest BCUT2D eigenvalue weighted by molar-refractivity contribution is -0.117. The SMILES string of the molecule is Cn1nccc1Nc1ncc(F)c(-c2cc(C#N)c3c(c2)CCN3C(=O)Cc2ccccc2Cl)n1. The van der Waals surface area contributed by atoms with Gasteiger partial charge in [0.2, 0.25) is 11.9 Å². The van der Waals surface area contributed by atoms with Crippen molar-refractivity contribution < 1.29 is 9.18 Å². The molecule has 0 bridgehead atoms. The quantitative estimate of drug-likeness (QED) is 0.447. The third kappa shape index (κ3) is 4.32. The number of rotatable bonds is 5. The van der Waals surface area contributed by atoms with Gasteiger partial charge in [-0.2, -0.15) is 10.4 Å². The maximum Gasteiger partial charge on any atom is 0.231 e. The zero-order valence-corrected chi connectivity index (χ0v) is 19.4. The van der Waals surface area contributed by atoms with Gasteiger partial charge in [0.15, 0.2) is 5.82 Å². The molecule has 0 fully saturated rings. The first-order chi connectivity index (χ1) is 16.9. The van der Waals surface area contributed by atoms with Crippen molar-refractivity contribution in [1.82, 2.24) is 19.7 Å². The fourth-order valence-corrected chi connectivity index (χ4v) is 4.36. The van der Waals surface area contributed by atoms with Gasteiger partial charge in [-0.15, -0.1) is 0 Å². The van der Waals surface area contributed by atoms with Crippen molar-refractivity contribution in [3.63, 3.8) is 0 Å². The summed E-state index contributed by atoms with van der Waals surface area (Å²) in [7, 11) is 1.76. The number of aromatic nitrogens is 4. The van der Waals surface area contributed by atoms with Crippen LogP contribution in [-0.2, 0) is 24.7 Å². The fraction of sp³-hybridized carbons (Fsp3) is 0.160. The predicted molar refractivity (Wildman–Crippen MR) is 130 cm³/mol. The van der Waals surface area contributed by atoms with Crippen molar-refractivity contribution >= 4 is 35.0 Å². The molecule has 1 N–H and O–H groups in total. The number of hydrogen-bond acceptors (Lipinski definition) is 6. The summed E-state index contributed by atoms with van der Waals surface area (Å²) in [6, 6.07) is 14.4. The van der Waals surface area contributed by atoms with E-state index in [9.17, 15) is 14.4 Å². The highest BCUT2D eigenvalue weighted by Crippen LogP contribution is 2.37. The molecule has 8 nitrogen and oxygen atoms in total. The normalized spacial score (nSPS) is 12.3. The molecule has 1 aliphatic rings. The molecule has 0 spiro atoms. The largest absolute Gasteiger partial charge is 0.310 e. The number of nitrogens with zero attached hydrogens (tertiary/aromatic N) is 6. The highest BCUT2D eigenvalue weighted by atomic mass is 35.5. The number of nitriles is 1. The minimum absolute atomic E-state index is 0.0600. The number of halogens is 2. The van der Waals surface area contributed by atoms with Crippen LogP contribution in [-0.4, -0.2) is 32.2 Å². The van der Waals surface area contributed by atoms with Crippen LogP contribution in [0.2, 0.25) is 5.02 Å². The summed E-state index contributed by atoms with van der Waals surface area (Å²) in [4.78, 5) is 23.0. The van der Waals surface area contributed by atoms with Crippen LogP contribution in [0.4, 0.5) is 21.8 Å². The summed E-state index contributed by atoms with van der Waals surface area (Å²) in [5.41, 5.74) is 2.83. The molecule has 0 aliphatic carbocycles. The second kappa shape index (κ2) is 9.16. The third-order valence-electron chi connectivity index (χ3n) is 5.86. The van der Waals surface area contributed by atoms with E-state index in [0.717, 1.165) is 17.3 Å². The molecule has 10 heteroatoms. The van der Waals surface area contributed by atoms with Gasteiger partial charge in [-0.3, -0.25) is 9.48 Å². The van der Waals surface area contributed by atoms with Gasteiger partial charge in [-0.1, -0.05) is 29.8 Å². The molecule has 35 heavy (non-hydrogen) atoms. The average molecular weight is 488 g/mol. The molecule has 4 aromatic rings. The number of fused-ring (bicyclic) bond motifs is 1. The summed E-state index contributed by atoms with van der Waals surface area (Å²) in [6.07, 6.45) is 3.36. The molecule has 0 atom stereocenters. The average Bonchev–Trinajstić information content (AvgIpc) is 3.47. The maximum atomic E-state index is 14.8. The van der Waals surface area contributed by atoms with Gasteiger partial charge < -0.3 is 10.2 Å². The standard InChI is InChI=1S/C25H19ClFN7O/c1-33-21(6-8-30-33)31-25-29-14-20(27)23(32-25)17-10-16-7-9-34(24(16)18(11-17)13-28)22(35)12-15-4-2-3-5-19(15)26/h2-6,8,10-11,14H,7,9,12H2,1H3,(H,29,31,32). The number of aryl methyl sites for hydroxylation is 1. The Morgan fingerprint density at radius 2 is 2.11 bits per heavy atom. The molecule has 174 valence electrons. The molecule has 1 aliphatic heterocycles. The minimum Gasteiger partial charge on any atom is -0.310 e. The number of hydrogen-bond donors (Lipinski definition) is 1. The van der Waals surface area contributed by atoms with Gasteiger partial charge in [-0.05, 0) is 35.7 Å². The number of carbonyl (C=O) groups excluding carboxylic acids is 1. The first-order valence-electron chi connectivity index (χ1n) is 10.8. The first-order valence-corrected chi connectivity index (χ1v) is 11.2. The van der Waals surface area contributed by atoms with Crippen LogP contribution in [0.15, 0.2) is 54.9 Å². The fourth-order valence-electron chi connectivity index (χ4n) is 4.16. The van der Waals surface area contributed by atoms with E-state index in [1.54, 1.807) is 59.2 Å². The second-order valence-corrected chi connectivity index (χ2v) is 8.47. The number of anilines is 3. The molecular formula is C25H19ClFN7O. The van der Waals surface area contributed by atoms with Crippen molar-refractivity contribution in [3.05, 3.63) is 82.4 Å². The van der Waals surface area contributed by atoms with Crippen molar-refractivity contribution in [2.75, 3.05) is 16.8 Å². The van der Waals surface area contributed by atoms with E-state index < -0.39 is 5.82 Å². The zero-order valence-electron chi connectivity index (χ0n) is 18.7. The monoisotopic (exact) mass is 487 g/mol. The van der Waals surface area contributed by atoms with Crippen molar-refractivity contribution in [2.45, 2.75) is 12.8 Å². The molecule has 2 aromatic heterocycles. The van der Waals surface area contributed by atoms with E-state index in [4.69, 9.17) is 11.6 Å². The molecular weight excluding hydrogens is 469 g/mol. The van der Waals surface area contributed by atoms with Crippen LogP contribution in [0.1, 0.15) is 16.7 Å². The van der Waals surface area contributed by atoms with E-state index >= 15 is 0 Å². The van der Waals surface area contributed by atoms with Gasteiger partial charge in [0.05, 0.1) is 30.1 Å². The predicted octanol–water partition coefficient (Wildman–Crippen LogP) is 4.42. The number of nitrogens with one attached hydrogen (secondary N) is 1. The van der Waals surface area contributed by atoms with Gasteiger partial charge in [0, 0.05) is 30.2 Å². The van der Waals surface area contributed by atoms with E-state index in [2.05, 4.69) is 26.5 Å². The van der Waals surface area contributed by atoms with Crippen LogP contribution in [0.3, 0.4) is 0 Å². The lowest BCUT2D eigenvalue weighted by atomic mass is 10.0. The van der Waals surface area contributed by atoms with Gasteiger partial charge in [0.25, 0.3) is 0 Å². The van der Waals surface area contributed by atoms with E-state index in [-0.39, 0.29) is 29.5 Å². The molecule has 1 amide bonds. The second-order valence-electron chi connectivity index (χ2n) is 8.06. The Morgan fingerprint density at radius 3 is 2.86 bits per heavy atom. The summed E-state index contributed by atoms with van der Waals surface area (Å²) in [5.74, 6) is 0.0634. The van der Waals surface area contributed by atoms with E-state index in [1.807, 2.05) is 6.07 Å². The van der Waals surface area contributed by atoms with Crippen LogP contribution in [0.5, 0.6) is 0 Å². The van der Waals surface area contributed by atoms with Crippen LogP contribution >= 0.6 is 11.6 Å². The summed E-state index contributed by atoms with van der Waals surface area (Å²) >= 11 is 6.22. The third-order valence-corrected chi connectivity index (χ3v) is 6.23. The highest BCUT2D eigenvalue weighted by molar-refractivity contribution is 6.31. The Bertz CT molecular complexity index is 1490. The minimum atomic E-state index is -0.617. The Morgan fingerprint density at radius 1 is 1.29 bits per heavy atom. The molecule has 0 radical (unpaired) electrons. The molecule has 0 saturated carbocycles. The van der Waals surface area contributed by atoms with Gasteiger partial charge in [-0.25, -0.2) is 14.4 Å². The van der Waals surface area contributed by atoms with Gasteiger partial charge >= 0.3 is 0 Å². The Labute approximate surface area is 205 Å². The van der Waals surface area contributed by atoms with Crippen molar-refractivity contribution in [3.8, 4) is 17.3 Å². The summed E-state index contributed by atoms with van der Waals surface area (Å²) in [5, 5.41) is 17.5. The zero-order chi connectivity index (χ0) is 24.5. The van der Waals surface area contributed by atoms with Crippen LogP contribution in [0, 0.1) is 17.1 Å². The number of carbonyl (C=O) groups is 1. The number of amides is 1. The molecule has 2 aromatic carbocycles. The topological polar surface area (TPSA) is 99.7 Å². The Kier molecular flexibility index (Phi) is 5.89. The van der Waals surface area contributed by atoms with E-state index in [0.29, 0.717) is 35.1 Å². The lowest BCUT2D eigenvalue weighted by Crippen LogP contribution is -2.31. The summed E-state index contributed by atoms with van der Waals surface area (Å²) in [6.45, 7) is 0.427. The molecule has 5 rings (SSSR count). The first kappa shape index (κ1) is 22.5. The van der Waals surface area contributed by atoms with E-state index in [1.165, 1.54) is 0 Å². The van der Waals surface area contributed by atoms with Crippen LogP contribution < -0.4 is 10.2 Å². The molecule has 0 saturated heterocycles. The summed E-state index contributed by atoms with van der Waals surface area (Å²) < 4.78 is 16.4. The maximum absolute atomic E-state index is 14.8. The van der Waals surface area contributed by atoms with Crippen molar-refractivity contribution in [1.29, 1.82) is 5.26 Å². The molecule has 3 heterocycles.